The third-order valence-electron chi connectivity index (χ3n) is 3.71. The lowest BCUT2D eigenvalue weighted by atomic mass is 9.94. The fraction of sp³-hybridized carbons (Fsp3) is 0.600. The van der Waals surface area contributed by atoms with Gasteiger partial charge in [-0.15, -0.1) is 0 Å². The molecule has 2 rings (SSSR count). The van der Waals surface area contributed by atoms with E-state index < -0.39 is 0 Å². The molecule has 0 aromatic heterocycles. The van der Waals surface area contributed by atoms with E-state index in [1.807, 2.05) is 0 Å². The van der Waals surface area contributed by atoms with Gasteiger partial charge in [0.05, 0.1) is 6.10 Å². The van der Waals surface area contributed by atoms with Gasteiger partial charge < -0.3 is 9.84 Å². The molecular formula is C15H22O2. The molecule has 17 heavy (non-hydrogen) atoms. The maximum atomic E-state index is 9.93. The summed E-state index contributed by atoms with van der Waals surface area (Å²) in [5, 5.41) is 9.93. The second kappa shape index (κ2) is 5.09. The predicted molar refractivity (Wildman–Crippen MR) is 69.5 cm³/mol. The van der Waals surface area contributed by atoms with E-state index in [2.05, 4.69) is 32.9 Å². The van der Waals surface area contributed by atoms with Crippen LogP contribution >= 0.6 is 0 Å². The van der Waals surface area contributed by atoms with Gasteiger partial charge in [0.25, 0.3) is 0 Å². The molecule has 0 radical (unpaired) electrons. The zero-order chi connectivity index (χ0) is 12.4. The van der Waals surface area contributed by atoms with Gasteiger partial charge in [-0.2, -0.15) is 0 Å². The van der Waals surface area contributed by atoms with Crippen LogP contribution in [0.15, 0.2) is 12.1 Å². The molecule has 1 aliphatic rings. The average Bonchev–Trinajstić information content (AvgIpc) is 2.28. The maximum absolute atomic E-state index is 9.93. The van der Waals surface area contributed by atoms with E-state index in [0.29, 0.717) is 0 Å². The molecule has 0 aliphatic heterocycles. The minimum atomic E-state index is -0.302. The maximum Gasteiger partial charge on any atom is 0.124 e. The molecule has 0 saturated heterocycles. The van der Waals surface area contributed by atoms with Gasteiger partial charge in [-0.1, -0.05) is 12.5 Å². The average molecular weight is 234 g/mol. The number of aryl methyl sites for hydroxylation is 2. The Hall–Kier alpha value is -1.02. The third-order valence-corrected chi connectivity index (χ3v) is 3.71. The second-order valence-corrected chi connectivity index (χ2v) is 5.21. The molecule has 0 spiro atoms. The number of aliphatic hydroxyl groups is 1. The van der Waals surface area contributed by atoms with Gasteiger partial charge in [0.2, 0.25) is 0 Å². The van der Waals surface area contributed by atoms with E-state index in [9.17, 15) is 5.11 Å². The van der Waals surface area contributed by atoms with Crippen LogP contribution in [0.5, 0.6) is 5.75 Å². The summed E-state index contributed by atoms with van der Waals surface area (Å²) in [4.78, 5) is 0. The van der Waals surface area contributed by atoms with Crippen molar-refractivity contribution in [1.82, 2.24) is 0 Å². The van der Waals surface area contributed by atoms with E-state index in [-0.39, 0.29) is 12.2 Å². The minimum absolute atomic E-state index is 0.0244. The van der Waals surface area contributed by atoms with Crippen molar-refractivity contribution in [3.05, 3.63) is 28.8 Å². The molecule has 2 heteroatoms. The fourth-order valence-corrected chi connectivity index (χ4v) is 2.50. The Balaban J connectivity index is 2.17. The summed E-state index contributed by atoms with van der Waals surface area (Å²) < 4.78 is 6.01. The number of benzene rings is 1. The molecule has 0 heterocycles. The summed E-state index contributed by atoms with van der Waals surface area (Å²) in [6, 6.07) is 4.24. The number of hydrogen-bond donors (Lipinski definition) is 1. The first kappa shape index (κ1) is 12.4. The summed E-state index contributed by atoms with van der Waals surface area (Å²) in [6.45, 7) is 6.27. The number of hydrogen-bond acceptors (Lipinski definition) is 2. The van der Waals surface area contributed by atoms with Crippen LogP contribution in [0, 0.1) is 20.8 Å². The van der Waals surface area contributed by atoms with Gasteiger partial charge in [-0.3, -0.25) is 0 Å². The van der Waals surface area contributed by atoms with Crippen LogP contribution < -0.4 is 4.74 Å². The van der Waals surface area contributed by atoms with Crippen molar-refractivity contribution in [2.24, 2.45) is 0 Å². The number of ether oxygens (including phenoxy) is 1. The van der Waals surface area contributed by atoms with E-state index >= 15 is 0 Å². The molecule has 1 aliphatic carbocycles. The van der Waals surface area contributed by atoms with Crippen LogP contribution in [0.4, 0.5) is 0 Å². The molecular weight excluding hydrogens is 212 g/mol. The minimum Gasteiger partial charge on any atom is -0.487 e. The lowest BCUT2D eigenvalue weighted by Crippen LogP contribution is -2.34. The highest BCUT2D eigenvalue weighted by atomic mass is 16.5. The molecule has 2 atom stereocenters. The topological polar surface area (TPSA) is 29.5 Å². The van der Waals surface area contributed by atoms with Crippen LogP contribution in [-0.4, -0.2) is 17.3 Å². The SMILES string of the molecule is Cc1cc(C)c(C)c(O[C@@H]2CCCC[C@H]2O)c1. The van der Waals surface area contributed by atoms with E-state index in [1.54, 1.807) is 0 Å². The standard InChI is InChI=1S/C15H22O2/c1-10-8-11(2)12(3)15(9-10)17-14-7-5-4-6-13(14)16/h8-9,13-14,16H,4-7H2,1-3H3/t13-,14-/m1/s1. The van der Waals surface area contributed by atoms with Crippen molar-refractivity contribution >= 4 is 0 Å². The Labute approximate surface area is 104 Å². The first-order chi connectivity index (χ1) is 8.08. The van der Waals surface area contributed by atoms with Crippen LogP contribution in [0.3, 0.4) is 0 Å². The third kappa shape index (κ3) is 2.81. The summed E-state index contributed by atoms with van der Waals surface area (Å²) in [5.74, 6) is 0.938. The van der Waals surface area contributed by atoms with Crippen molar-refractivity contribution in [3.63, 3.8) is 0 Å². The summed E-state index contributed by atoms with van der Waals surface area (Å²) >= 11 is 0. The smallest absolute Gasteiger partial charge is 0.124 e. The fourth-order valence-electron chi connectivity index (χ4n) is 2.50. The van der Waals surface area contributed by atoms with Gasteiger partial charge in [-0.05, 0) is 62.8 Å². The molecule has 1 saturated carbocycles. The van der Waals surface area contributed by atoms with Crippen molar-refractivity contribution in [3.8, 4) is 5.75 Å². The van der Waals surface area contributed by atoms with Gasteiger partial charge in [0.15, 0.2) is 0 Å². The quantitative estimate of drug-likeness (QED) is 0.850. The second-order valence-electron chi connectivity index (χ2n) is 5.21. The molecule has 0 unspecified atom stereocenters. The molecule has 2 nitrogen and oxygen atoms in total. The van der Waals surface area contributed by atoms with Gasteiger partial charge in [0.1, 0.15) is 11.9 Å². The molecule has 1 aromatic carbocycles. The summed E-state index contributed by atoms with van der Waals surface area (Å²) in [7, 11) is 0. The van der Waals surface area contributed by atoms with Crippen molar-refractivity contribution in [2.45, 2.75) is 58.7 Å². The largest absolute Gasteiger partial charge is 0.487 e. The van der Waals surface area contributed by atoms with Crippen molar-refractivity contribution < 1.29 is 9.84 Å². The molecule has 1 fully saturated rings. The molecule has 94 valence electrons. The summed E-state index contributed by atoms with van der Waals surface area (Å²) in [5.41, 5.74) is 3.66. The highest BCUT2D eigenvalue weighted by molar-refractivity contribution is 5.42. The van der Waals surface area contributed by atoms with Crippen LogP contribution in [0.1, 0.15) is 42.4 Å². The first-order valence-corrected chi connectivity index (χ1v) is 6.50. The van der Waals surface area contributed by atoms with Crippen molar-refractivity contribution in [2.75, 3.05) is 0 Å². The molecule has 0 bridgehead atoms. The van der Waals surface area contributed by atoms with Crippen LogP contribution in [0.2, 0.25) is 0 Å². The first-order valence-electron chi connectivity index (χ1n) is 6.50. The Morgan fingerprint density at radius 3 is 2.53 bits per heavy atom. The number of aliphatic hydroxyl groups excluding tert-OH is 1. The van der Waals surface area contributed by atoms with Gasteiger partial charge in [-0.25, -0.2) is 0 Å². The Kier molecular flexibility index (Phi) is 3.72. The highest BCUT2D eigenvalue weighted by Crippen LogP contribution is 2.28. The van der Waals surface area contributed by atoms with Gasteiger partial charge >= 0.3 is 0 Å². The molecule has 1 aromatic rings. The zero-order valence-electron chi connectivity index (χ0n) is 11.0. The molecule has 1 N–H and O–H groups in total. The zero-order valence-corrected chi connectivity index (χ0v) is 11.0. The van der Waals surface area contributed by atoms with Crippen LogP contribution in [0.25, 0.3) is 0 Å². The van der Waals surface area contributed by atoms with Crippen molar-refractivity contribution in [1.29, 1.82) is 0 Å². The predicted octanol–water partition coefficient (Wildman–Crippen LogP) is 3.29. The number of rotatable bonds is 2. The van der Waals surface area contributed by atoms with E-state index in [1.165, 1.54) is 16.7 Å². The lowest BCUT2D eigenvalue weighted by Gasteiger charge is -2.29. The highest BCUT2D eigenvalue weighted by Gasteiger charge is 2.25. The van der Waals surface area contributed by atoms with Gasteiger partial charge in [0, 0.05) is 0 Å². The Morgan fingerprint density at radius 2 is 1.82 bits per heavy atom. The normalized spacial score (nSPS) is 24.7. The van der Waals surface area contributed by atoms with E-state index in [0.717, 1.165) is 31.4 Å². The Morgan fingerprint density at radius 1 is 1.12 bits per heavy atom. The monoisotopic (exact) mass is 234 g/mol. The van der Waals surface area contributed by atoms with Crippen LogP contribution in [-0.2, 0) is 0 Å². The lowest BCUT2D eigenvalue weighted by molar-refractivity contribution is 0.00648. The van der Waals surface area contributed by atoms with E-state index in [4.69, 9.17) is 4.74 Å². The molecule has 0 amide bonds. The Bertz CT molecular complexity index is 398. The summed E-state index contributed by atoms with van der Waals surface area (Å²) in [6.07, 6.45) is 3.79.